The standard InChI is InChI=1S/C10H18N4O/c1-7(13-10(15)6-11-3)9-5-12-14(4)8(9)2/h5,7,11H,6H2,1-4H3,(H,13,15). The number of carbonyl (C=O) groups excluding carboxylic acids is 1. The van der Waals surface area contributed by atoms with Gasteiger partial charge in [-0.05, 0) is 20.9 Å². The summed E-state index contributed by atoms with van der Waals surface area (Å²) in [4.78, 5) is 11.3. The predicted molar refractivity (Wildman–Crippen MR) is 58.4 cm³/mol. The maximum Gasteiger partial charge on any atom is 0.234 e. The molecule has 2 N–H and O–H groups in total. The number of aryl methyl sites for hydroxylation is 1. The van der Waals surface area contributed by atoms with Crippen molar-refractivity contribution in [3.05, 3.63) is 17.5 Å². The molecule has 1 amide bonds. The Morgan fingerprint density at radius 1 is 1.67 bits per heavy atom. The molecule has 5 nitrogen and oxygen atoms in total. The highest BCUT2D eigenvalue weighted by Crippen LogP contribution is 2.15. The third-order valence-electron chi connectivity index (χ3n) is 2.45. The Morgan fingerprint density at radius 3 is 2.80 bits per heavy atom. The molecule has 0 aliphatic carbocycles. The molecule has 1 aromatic heterocycles. The molecule has 84 valence electrons. The number of rotatable bonds is 4. The minimum Gasteiger partial charge on any atom is -0.348 e. The van der Waals surface area contributed by atoms with E-state index in [4.69, 9.17) is 0 Å². The van der Waals surface area contributed by atoms with Gasteiger partial charge in [0.2, 0.25) is 5.91 Å². The minimum absolute atomic E-state index is 0.000417. The smallest absolute Gasteiger partial charge is 0.234 e. The largest absolute Gasteiger partial charge is 0.348 e. The lowest BCUT2D eigenvalue weighted by Gasteiger charge is -2.13. The van der Waals surface area contributed by atoms with Crippen LogP contribution in [0.15, 0.2) is 6.20 Å². The van der Waals surface area contributed by atoms with Crippen LogP contribution in [0.2, 0.25) is 0 Å². The second-order valence-corrected chi connectivity index (χ2v) is 3.63. The summed E-state index contributed by atoms with van der Waals surface area (Å²) in [6.45, 7) is 4.28. The molecule has 1 unspecified atom stereocenters. The first-order chi connectivity index (χ1) is 7.06. The maximum absolute atomic E-state index is 11.3. The van der Waals surface area contributed by atoms with Gasteiger partial charge in [0.25, 0.3) is 0 Å². The monoisotopic (exact) mass is 210 g/mol. The molecule has 1 aromatic rings. The average Bonchev–Trinajstić information content (AvgIpc) is 2.48. The zero-order valence-corrected chi connectivity index (χ0v) is 9.66. The van der Waals surface area contributed by atoms with Crippen LogP contribution < -0.4 is 10.6 Å². The van der Waals surface area contributed by atoms with Crippen molar-refractivity contribution in [2.75, 3.05) is 13.6 Å². The van der Waals surface area contributed by atoms with Gasteiger partial charge in [0, 0.05) is 18.3 Å². The molecule has 0 saturated carbocycles. The summed E-state index contributed by atoms with van der Waals surface area (Å²) >= 11 is 0. The van der Waals surface area contributed by atoms with Gasteiger partial charge >= 0.3 is 0 Å². The number of hydrogen-bond donors (Lipinski definition) is 2. The summed E-state index contributed by atoms with van der Waals surface area (Å²) in [5.74, 6) is -0.00625. The summed E-state index contributed by atoms with van der Waals surface area (Å²) in [6.07, 6.45) is 1.79. The SMILES string of the molecule is CNCC(=O)NC(C)c1cnn(C)c1C. The molecular weight excluding hydrogens is 192 g/mol. The topological polar surface area (TPSA) is 59.0 Å². The van der Waals surface area contributed by atoms with Gasteiger partial charge in [0.1, 0.15) is 0 Å². The Morgan fingerprint density at radius 2 is 2.33 bits per heavy atom. The molecular formula is C10H18N4O. The molecule has 1 atom stereocenters. The van der Waals surface area contributed by atoms with Gasteiger partial charge in [0.15, 0.2) is 0 Å². The summed E-state index contributed by atoms with van der Waals surface area (Å²) in [7, 11) is 3.64. The fraction of sp³-hybridized carbons (Fsp3) is 0.600. The number of likely N-dealkylation sites (N-methyl/N-ethyl adjacent to an activating group) is 1. The van der Waals surface area contributed by atoms with E-state index in [9.17, 15) is 4.79 Å². The zero-order valence-electron chi connectivity index (χ0n) is 9.66. The molecule has 1 rings (SSSR count). The lowest BCUT2D eigenvalue weighted by atomic mass is 10.1. The van der Waals surface area contributed by atoms with Gasteiger partial charge in [0.05, 0.1) is 18.8 Å². The predicted octanol–water partition coefficient (Wildman–Crippen LogP) is 0.125. The molecule has 0 spiro atoms. The molecule has 0 fully saturated rings. The van der Waals surface area contributed by atoms with Gasteiger partial charge < -0.3 is 10.6 Å². The lowest BCUT2D eigenvalue weighted by molar-refractivity contribution is -0.120. The van der Waals surface area contributed by atoms with Gasteiger partial charge in [-0.2, -0.15) is 5.10 Å². The van der Waals surface area contributed by atoms with Crippen LogP contribution in [0.5, 0.6) is 0 Å². The molecule has 0 radical (unpaired) electrons. The van der Waals surface area contributed by atoms with Crippen molar-refractivity contribution in [3.8, 4) is 0 Å². The summed E-state index contributed by atoms with van der Waals surface area (Å²) in [6, 6.07) is -0.000417. The number of carbonyl (C=O) groups is 1. The number of hydrogen-bond acceptors (Lipinski definition) is 3. The Bertz CT molecular complexity index is 345. The maximum atomic E-state index is 11.3. The molecule has 0 bridgehead atoms. The van der Waals surface area contributed by atoms with Crippen LogP contribution in [-0.2, 0) is 11.8 Å². The van der Waals surface area contributed by atoms with Crippen molar-refractivity contribution < 1.29 is 4.79 Å². The Hall–Kier alpha value is -1.36. The highest BCUT2D eigenvalue weighted by molar-refractivity contribution is 5.78. The van der Waals surface area contributed by atoms with E-state index in [1.165, 1.54) is 0 Å². The van der Waals surface area contributed by atoms with E-state index >= 15 is 0 Å². The zero-order chi connectivity index (χ0) is 11.4. The van der Waals surface area contributed by atoms with Crippen molar-refractivity contribution in [2.24, 2.45) is 7.05 Å². The second-order valence-electron chi connectivity index (χ2n) is 3.63. The number of nitrogens with one attached hydrogen (secondary N) is 2. The molecule has 15 heavy (non-hydrogen) atoms. The average molecular weight is 210 g/mol. The number of amides is 1. The van der Waals surface area contributed by atoms with E-state index in [1.807, 2.05) is 20.9 Å². The van der Waals surface area contributed by atoms with E-state index in [0.29, 0.717) is 6.54 Å². The van der Waals surface area contributed by atoms with Crippen LogP contribution in [0.1, 0.15) is 24.2 Å². The fourth-order valence-corrected chi connectivity index (χ4v) is 1.47. The normalized spacial score (nSPS) is 12.5. The molecule has 0 aliphatic rings. The summed E-state index contributed by atoms with van der Waals surface area (Å²) in [5.41, 5.74) is 2.13. The Labute approximate surface area is 89.9 Å². The van der Waals surface area contributed by atoms with E-state index in [2.05, 4.69) is 15.7 Å². The second kappa shape index (κ2) is 4.93. The van der Waals surface area contributed by atoms with Crippen LogP contribution in [0.25, 0.3) is 0 Å². The highest BCUT2D eigenvalue weighted by atomic mass is 16.1. The minimum atomic E-state index is -0.00625. The van der Waals surface area contributed by atoms with Gasteiger partial charge in [-0.1, -0.05) is 0 Å². The van der Waals surface area contributed by atoms with Crippen LogP contribution >= 0.6 is 0 Å². The van der Waals surface area contributed by atoms with E-state index in [-0.39, 0.29) is 11.9 Å². The first-order valence-electron chi connectivity index (χ1n) is 4.98. The van der Waals surface area contributed by atoms with Crippen LogP contribution in [-0.4, -0.2) is 29.3 Å². The van der Waals surface area contributed by atoms with E-state index < -0.39 is 0 Å². The molecule has 0 aromatic carbocycles. The van der Waals surface area contributed by atoms with Crippen LogP contribution in [0.4, 0.5) is 0 Å². The number of aromatic nitrogens is 2. The highest BCUT2D eigenvalue weighted by Gasteiger charge is 2.13. The lowest BCUT2D eigenvalue weighted by Crippen LogP contribution is -2.34. The van der Waals surface area contributed by atoms with Crippen molar-refractivity contribution in [1.29, 1.82) is 0 Å². The van der Waals surface area contributed by atoms with Gasteiger partial charge in [-0.25, -0.2) is 0 Å². The first-order valence-corrected chi connectivity index (χ1v) is 4.98. The van der Waals surface area contributed by atoms with E-state index in [0.717, 1.165) is 11.3 Å². The van der Waals surface area contributed by atoms with Crippen molar-refractivity contribution in [3.63, 3.8) is 0 Å². The van der Waals surface area contributed by atoms with Crippen molar-refractivity contribution in [1.82, 2.24) is 20.4 Å². The third-order valence-corrected chi connectivity index (χ3v) is 2.45. The van der Waals surface area contributed by atoms with Gasteiger partial charge in [-0.15, -0.1) is 0 Å². The van der Waals surface area contributed by atoms with Crippen LogP contribution in [0.3, 0.4) is 0 Å². The summed E-state index contributed by atoms with van der Waals surface area (Å²) in [5, 5.41) is 9.85. The quantitative estimate of drug-likeness (QED) is 0.742. The van der Waals surface area contributed by atoms with Crippen molar-refractivity contribution in [2.45, 2.75) is 19.9 Å². The Kier molecular flexibility index (Phi) is 3.85. The molecule has 5 heteroatoms. The van der Waals surface area contributed by atoms with Gasteiger partial charge in [-0.3, -0.25) is 9.48 Å². The van der Waals surface area contributed by atoms with Crippen molar-refractivity contribution >= 4 is 5.91 Å². The fourth-order valence-electron chi connectivity index (χ4n) is 1.47. The van der Waals surface area contributed by atoms with E-state index in [1.54, 1.807) is 17.9 Å². The first kappa shape index (κ1) is 11.7. The summed E-state index contributed by atoms with van der Waals surface area (Å²) < 4.78 is 1.80. The van der Waals surface area contributed by atoms with Crippen LogP contribution in [0, 0.1) is 6.92 Å². The molecule has 1 heterocycles. The number of nitrogens with zero attached hydrogens (tertiary/aromatic N) is 2. The molecule has 0 saturated heterocycles. The Balaban J connectivity index is 2.65. The third kappa shape index (κ3) is 2.79. The molecule has 0 aliphatic heterocycles.